The predicted octanol–water partition coefficient (Wildman–Crippen LogP) is 2.04. The van der Waals surface area contributed by atoms with Gasteiger partial charge in [-0.2, -0.15) is 0 Å². The lowest BCUT2D eigenvalue weighted by Crippen LogP contribution is -2.56. The maximum atomic E-state index is 13.2. The smallest absolute Gasteiger partial charge is 0.382 e. The van der Waals surface area contributed by atoms with E-state index in [1.54, 1.807) is 21.3 Å². The molecule has 10 nitrogen and oxygen atoms in total. The van der Waals surface area contributed by atoms with Gasteiger partial charge in [-0.05, 0) is 13.3 Å². The molecule has 33 heavy (non-hydrogen) atoms. The highest BCUT2D eigenvalue weighted by Crippen LogP contribution is 2.17. The van der Waals surface area contributed by atoms with Crippen molar-refractivity contribution in [3.05, 3.63) is 0 Å². The number of rotatable bonds is 26. The molecule has 0 saturated carbocycles. The molecule has 198 valence electrons. The maximum absolute atomic E-state index is 13.2. The minimum absolute atomic E-state index is 0.131. The zero-order valence-corrected chi connectivity index (χ0v) is 22.3. The molecule has 0 aliphatic rings. The third kappa shape index (κ3) is 17.6. The van der Waals surface area contributed by atoms with Crippen molar-refractivity contribution in [1.82, 2.24) is 0 Å². The summed E-state index contributed by atoms with van der Waals surface area (Å²) >= 11 is 0. The fourth-order valence-corrected chi connectivity index (χ4v) is 5.00. The standard InChI is InChI=1S/C22H46O10Si/c1-6-7-8-9-22(23)33(30-18-15-27-13-10-24-3,31-19-16-28-14-11-25-4)32-20-21(2)29-17-12-26-5/h21H,6-20H2,1-5H3. The Balaban J connectivity index is 5.10. The summed E-state index contributed by atoms with van der Waals surface area (Å²) in [6.45, 7) is 7.87. The second-order valence-electron chi connectivity index (χ2n) is 7.33. The fraction of sp³-hybridized carbons (Fsp3) is 0.955. The number of hydrogen-bond donors (Lipinski definition) is 0. The van der Waals surface area contributed by atoms with Crippen LogP contribution in [-0.4, -0.2) is 114 Å². The maximum Gasteiger partial charge on any atom is 0.575 e. The molecule has 0 radical (unpaired) electrons. The topological polar surface area (TPSA) is 100 Å². The van der Waals surface area contributed by atoms with Crippen molar-refractivity contribution in [2.75, 3.05) is 94.0 Å². The van der Waals surface area contributed by atoms with Gasteiger partial charge in [-0.1, -0.05) is 19.8 Å². The SMILES string of the molecule is CCCCCC(=O)[Si](OCCOCCOC)(OCCOCCOC)OCC(C)OCCOC. The van der Waals surface area contributed by atoms with Gasteiger partial charge in [0.15, 0.2) is 0 Å². The Hall–Kier alpha value is -0.473. The average molecular weight is 499 g/mol. The Kier molecular flexibility index (Phi) is 22.9. The first-order chi connectivity index (χ1) is 16.1. The highest BCUT2D eigenvalue weighted by Gasteiger charge is 2.50. The van der Waals surface area contributed by atoms with E-state index in [1.807, 2.05) is 6.92 Å². The molecular weight excluding hydrogens is 452 g/mol. The quantitative estimate of drug-likeness (QED) is 0.130. The lowest BCUT2D eigenvalue weighted by molar-refractivity contribution is -0.121. The third-order valence-corrected chi connectivity index (χ3v) is 7.10. The summed E-state index contributed by atoms with van der Waals surface area (Å²) in [5.41, 5.74) is 0. The van der Waals surface area contributed by atoms with Crippen LogP contribution in [-0.2, 0) is 46.5 Å². The van der Waals surface area contributed by atoms with Crippen LogP contribution in [0.5, 0.6) is 0 Å². The summed E-state index contributed by atoms with van der Waals surface area (Å²) in [7, 11) is 1.17. The van der Waals surface area contributed by atoms with E-state index >= 15 is 0 Å². The molecule has 0 aromatic heterocycles. The van der Waals surface area contributed by atoms with E-state index in [9.17, 15) is 4.79 Å². The van der Waals surface area contributed by atoms with E-state index in [2.05, 4.69) is 6.92 Å². The summed E-state index contributed by atoms with van der Waals surface area (Å²) in [5.74, 6) is 0. The van der Waals surface area contributed by atoms with Gasteiger partial charge in [-0.3, -0.25) is 4.79 Å². The molecule has 0 rings (SSSR count). The minimum atomic E-state index is -3.67. The van der Waals surface area contributed by atoms with Crippen LogP contribution >= 0.6 is 0 Å². The van der Waals surface area contributed by atoms with Crippen molar-refractivity contribution in [1.29, 1.82) is 0 Å². The molecule has 0 heterocycles. The molecule has 0 aliphatic carbocycles. The van der Waals surface area contributed by atoms with Gasteiger partial charge in [0, 0.05) is 27.8 Å². The first kappa shape index (κ1) is 32.5. The minimum Gasteiger partial charge on any atom is -0.382 e. The van der Waals surface area contributed by atoms with Crippen LogP contribution < -0.4 is 0 Å². The largest absolute Gasteiger partial charge is 0.575 e. The number of hydrogen-bond acceptors (Lipinski definition) is 10. The van der Waals surface area contributed by atoms with Gasteiger partial charge in [0.2, 0.25) is 5.41 Å². The summed E-state index contributed by atoms with van der Waals surface area (Å²) < 4.78 is 49.7. The summed E-state index contributed by atoms with van der Waals surface area (Å²) in [6, 6.07) is 0. The molecular formula is C22H46O10Si. The Morgan fingerprint density at radius 3 is 1.73 bits per heavy atom. The van der Waals surface area contributed by atoms with Crippen molar-refractivity contribution >= 4 is 14.2 Å². The van der Waals surface area contributed by atoms with Crippen LogP contribution in [0.1, 0.15) is 39.5 Å². The van der Waals surface area contributed by atoms with Crippen LogP contribution in [0.25, 0.3) is 0 Å². The van der Waals surface area contributed by atoms with Gasteiger partial charge in [-0.25, -0.2) is 0 Å². The molecule has 0 saturated heterocycles. The number of carbonyl (C=O) groups excluding carboxylic acids is 1. The van der Waals surface area contributed by atoms with E-state index < -0.39 is 8.80 Å². The Morgan fingerprint density at radius 2 is 1.21 bits per heavy atom. The van der Waals surface area contributed by atoms with E-state index in [0.29, 0.717) is 59.3 Å². The van der Waals surface area contributed by atoms with Gasteiger partial charge in [0.05, 0.1) is 78.8 Å². The van der Waals surface area contributed by atoms with Gasteiger partial charge in [0.1, 0.15) is 0 Å². The molecule has 0 spiro atoms. The zero-order valence-electron chi connectivity index (χ0n) is 21.3. The Morgan fingerprint density at radius 1 is 0.697 bits per heavy atom. The number of carbonyl (C=O) groups is 1. The van der Waals surface area contributed by atoms with E-state index in [-0.39, 0.29) is 31.3 Å². The molecule has 0 bridgehead atoms. The molecule has 0 aromatic rings. The normalized spacial score (nSPS) is 12.9. The van der Waals surface area contributed by atoms with Crippen LogP contribution in [0.3, 0.4) is 0 Å². The lowest BCUT2D eigenvalue weighted by atomic mass is 10.2. The van der Waals surface area contributed by atoms with Crippen molar-refractivity contribution in [2.45, 2.75) is 45.6 Å². The zero-order chi connectivity index (χ0) is 24.6. The van der Waals surface area contributed by atoms with E-state index in [1.165, 1.54) is 0 Å². The number of unbranched alkanes of at least 4 members (excludes halogenated alkanes) is 2. The second-order valence-corrected chi connectivity index (χ2v) is 9.87. The van der Waals surface area contributed by atoms with E-state index in [4.69, 9.17) is 41.7 Å². The van der Waals surface area contributed by atoms with Crippen LogP contribution in [0.4, 0.5) is 0 Å². The molecule has 1 unspecified atom stereocenters. The summed E-state index contributed by atoms with van der Waals surface area (Å²) in [5, 5.41) is -0.131. The number of methoxy groups -OCH3 is 3. The van der Waals surface area contributed by atoms with Crippen LogP contribution in [0.15, 0.2) is 0 Å². The molecule has 0 N–H and O–H groups in total. The highest BCUT2D eigenvalue weighted by atomic mass is 28.4. The first-order valence-electron chi connectivity index (χ1n) is 11.7. The van der Waals surface area contributed by atoms with E-state index in [0.717, 1.165) is 19.3 Å². The van der Waals surface area contributed by atoms with Crippen molar-refractivity contribution in [3.63, 3.8) is 0 Å². The summed E-state index contributed by atoms with van der Waals surface area (Å²) in [6.07, 6.45) is 2.81. The van der Waals surface area contributed by atoms with Gasteiger partial charge < -0.3 is 41.7 Å². The van der Waals surface area contributed by atoms with Crippen LogP contribution in [0, 0.1) is 0 Å². The fourth-order valence-electron chi connectivity index (χ4n) is 2.62. The summed E-state index contributed by atoms with van der Waals surface area (Å²) in [4.78, 5) is 13.2. The second kappa shape index (κ2) is 23.3. The molecule has 0 amide bonds. The van der Waals surface area contributed by atoms with Gasteiger partial charge >= 0.3 is 8.80 Å². The van der Waals surface area contributed by atoms with Crippen LogP contribution in [0.2, 0.25) is 0 Å². The predicted molar refractivity (Wildman–Crippen MR) is 125 cm³/mol. The highest BCUT2D eigenvalue weighted by molar-refractivity contribution is 6.92. The number of ether oxygens (including phenoxy) is 6. The molecule has 0 aromatic carbocycles. The molecule has 11 heteroatoms. The molecule has 0 aliphatic heterocycles. The first-order valence-corrected chi connectivity index (χ1v) is 13.5. The van der Waals surface area contributed by atoms with Crippen molar-refractivity contribution in [2.24, 2.45) is 0 Å². The third-order valence-electron chi connectivity index (χ3n) is 4.45. The van der Waals surface area contributed by atoms with Crippen molar-refractivity contribution in [3.8, 4) is 0 Å². The monoisotopic (exact) mass is 498 g/mol. The lowest BCUT2D eigenvalue weighted by Gasteiger charge is -2.29. The van der Waals surface area contributed by atoms with Crippen molar-refractivity contribution < 1.29 is 46.5 Å². The van der Waals surface area contributed by atoms with Gasteiger partial charge in [0.25, 0.3) is 0 Å². The van der Waals surface area contributed by atoms with Gasteiger partial charge in [-0.15, -0.1) is 0 Å². The Labute approximate surface area is 200 Å². The molecule has 1 atom stereocenters. The Bertz CT molecular complexity index is 425. The average Bonchev–Trinajstić information content (AvgIpc) is 2.81. The molecule has 0 fully saturated rings.